The van der Waals surface area contributed by atoms with Gasteiger partial charge in [0.05, 0.1) is 9.34 Å². The number of hydrogen-bond donors (Lipinski definition) is 1. The molecule has 0 radical (unpaired) electrons. The van der Waals surface area contributed by atoms with Gasteiger partial charge < -0.3 is 10.6 Å². The Morgan fingerprint density at radius 1 is 1.57 bits per heavy atom. The highest BCUT2D eigenvalue weighted by Crippen LogP contribution is 2.28. The Hall–Kier alpha value is -0.250. The summed E-state index contributed by atoms with van der Waals surface area (Å²) in [6.07, 6.45) is 2.20. The average Bonchev–Trinajstić information content (AvgIpc) is 2.51. The minimum atomic E-state index is 0.301. The number of nitrogens with zero attached hydrogens (tertiary/aromatic N) is 1. The van der Waals surface area contributed by atoms with Crippen molar-refractivity contribution < 1.29 is 0 Å². The van der Waals surface area contributed by atoms with Crippen molar-refractivity contribution in [2.75, 3.05) is 18.5 Å². The van der Waals surface area contributed by atoms with Gasteiger partial charge in [0.25, 0.3) is 0 Å². The molecule has 1 atom stereocenters. The van der Waals surface area contributed by atoms with E-state index in [9.17, 15) is 0 Å². The van der Waals surface area contributed by atoms with E-state index in [2.05, 4.69) is 18.0 Å². The Kier molecular flexibility index (Phi) is 4.72. The monoisotopic (exact) mass is 232 g/mol. The Morgan fingerprint density at radius 2 is 2.29 bits per heavy atom. The average molecular weight is 233 g/mol. The van der Waals surface area contributed by atoms with E-state index in [-0.39, 0.29) is 0 Å². The summed E-state index contributed by atoms with van der Waals surface area (Å²) in [5, 5.41) is 1.22. The minimum Gasteiger partial charge on any atom is -0.366 e. The van der Waals surface area contributed by atoms with Crippen molar-refractivity contribution in [1.82, 2.24) is 0 Å². The third kappa shape index (κ3) is 3.86. The van der Waals surface area contributed by atoms with Crippen molar-refractivity contribution in [3.8, 4) is 0 Å². The first-order chi connectivity index (χ1) is 6.59. The van der Waals surface area contributed by atoms with Crippen LogP contribution in [0.3, 0.4) is 0 Å². The van der Waals surface area contributed by atoms with Crippen LogP contribution in [-0.2, 0) is 0 Å². The van der Waals surface area contributed by atoms with Crippen molar-refractivity contribution in [3.05, 3.63) is 16.5 Å². The van der Waals surface area contributed by atoms with E-state index in [1.807, 2.05) is 13.0 Å². The van der Waals surface area contributed by atoms with E-state index in [4.69, 9.17) is 17.3 Å². The van der Waals surface area contributed by atoms with Crippen molar-refractivity contribution >= 4 is 27.9 Å². The zero-order chi connectivity index (χ0) is 10.6. The van der Waals surface area contributed by atoms with E-state index < -0.39 is 0 Å². The Balaban J connectivity index is 2.32. The Bertz CT molecular complexity index is 273. The molecule has 0 aromatic carbocycles. The lowest BCUT2D eigenvalue weighted by molar-refractivity contribution is 0.622. The van der Waals surface area contributed by atoms with Gasteiger partial charge in [-0.1, -0.05) is 11.6 Å². The van der Waals surface area contributed by atoms with Gasteiger partial charge in [-0.25, -0.2) is 0 Å². The summed E-state index contributed by atoms with van der Waals surface area (Å²) in [7, 11) is 2.09. The molecule has 0 aliphatic rings. The molecule has 0 spiro atoms. The third-order valence-corrected chi connectivity index (χ3v) is 3.43. The smallest absolute Gasteiger partial charge is 0.0950 e. The predicted octanol–water partition coefficient (Wildman–Crippen LogP) is 2.97. The maximum Gasteiger partial charge on any atom is 0.0950 e. The molecule has 1 rings (SSSR count). The number of rotatable bonds is 5. The topological polar surface area (TPSA) is 29.3 Å². The zero-order valence-corrected chi connectivity index (χ0v) is 10.2. The molecule has 1 aromatic heterocycles. The second-order valence-corrected chi connectivity index (χ2v) is 5.31. The number of halogens is 1. The van der Waals surface area contributed by atoms with Crippen LogP contribution in [-0.4, -0.2) is 19.6 Å². The molecule has 1 unspecified atom stereocenters. The number of nitrogens with two attached hydrogens (primary N) is 1. The molecule has 14 heavy (non-hydrogen) atoms. The molecule has 0 saturated heterocycles. The van der Waals surface area contributed by atoms with Gasteiger partial charge >= 0.3 is 0 Å². The van der Waals surface area contributed by atoms with Crippen molar-refractivity contribution in [2.24, 2.45) is 5.73 Å². The largest absolute Gasteiger partial charge is 0.366 e. The Morgan fingerprint density at radius 3 is 2.79 bits per heavy atom. The molecule has 0 fully saturated rings. The van der Waals surface area contributed by atoms with Crippen molar-refractivity contribution in [2.45, 2.75) is 25.8 Å². The molecular weight excluding hydrogens is 216 g/mol. The van der Waals surface area contributed by atoms with Crippen LogP contribution in [0.5, 0.6) is 0 Å². The molecule has 2 nitrogen and oxygen atoms in total. The van der Waals surface area contributed by atoms with E-state index in [1.165, 1.54) is 5.00 Å². The summed E-state index contributed by atoms with van der Waals surface area (Å²) in [5.41, 5.74) is 5.68. The van der Waals surface area contributed by atoms with Crippen LogP contribution in [0.15, 0.2) is 12.1 Å². The molecule has 1 aromatic rings. The molecule has 80 valence electrons. The van der Waals surface area contributed by atoms with E-state index in [1.54, 1.807) is 11.3 Å². The summed E-state index contributed by atoms with van der Waals surface area (Å²) in [4.78, 5) is 2.22. The fourth-order valence-electron chi connectivity index (χ4n) is 1.27. The van der Waals surface area contributed by atoms with Crippen LogP contribution in [0.2, 0.25) is 4.34 Å². The lowest BCUT2D eigenvalue weighted by Gasteiger charge is -2.17. The summed E-state index contributed by atoms with van der Waals surface area (Å²) < 4.78 is 0.846. The summed E-state index contributed by atoms with van der Waals surface area (Å²) >= 11 is 7.48. The maximum absolute atomic E-state index is 5.86. The van der Waals surface area contributed by atoms with Gasteiger partial charge in [0.1, 0.15) is 0 Å². The van der Waals surface area contributed by atoms with Gasteiger partial charge in [-0.2, -0.15) is 0 Å². The summed E-state index contributed by atoms with van der Waals surface area (Å²) in [6, 6.07) is 4.29. The molecule has 4 heteroatoms. The number of hydrogen-bond acceptors (Lipinski definition) is 3. The minimum absolute atomic E-state index is 0.301. The molecule has 0 aliphatic carbocycles. The number of thiophene rings is 1. The van der Waals surface area contributed by atoms with Gasteiger partial charge in [-0.05, 0) is 31.9 Å². The highest BCUT2D eigenvalue weighted by Gasteiger charge is 2.04. The van der Waals surface area contributed by atoms with Gasteiger partial charge in [-0.15, -0.1) is 11.3 Å². The fourth-order valence-corrected chi connectivity index (χ4v) is 2.29. The van der Waals surface area contributed by atoms with Crippen molar-refractivity contribution in [1.29, 1.82) is 0 Å². The lowest BCUT2D eigenvalue weighted by atomic mass is 10.2. The molecule has 0 bridgehead atoms. The zero-order valence-electron chi connectivity index (χ0n) is 8.66. The first-order valence-electron chi connectivity index (χ1n) is 4.81. The fraction of sp³-hybridized carbons (Fsp3) is 0.600. The van der Waals surface area contributed by atoms with E-state index in [0.717, 1.165) is 23.7 Å². The molecule has 0 saturated carbocycles. The van der Waals surface area contributed by atoms with Gasteiger partial charge in [0.2, 0.25) is 0 Å². The van der Waals surface area contributed by atoms with Crippen LogP contribution in [0.1, 0.15) is 19.8 Å². The van der Waals surface area contributed by atoms with Crippen LogP contribution in [0.25, 0.3) is 0 Å². The molecule has 1 heterocycles. The van der Waals surface area contributed by atoms with Crippen LogP contribution in [0, 0.1) is 0 Å². The van der Waals surface area contributed by atoms with Gasteiger partial charge in [0.15, 0.2) is 0 Å². The van der Waals surface area contributed by atoms with Crippen LogP contribution in [0.4, 0.5) is 5.00 Å². The predicted molar refractivity (Wildman–Crippen MR) is 65.5 cm³/mol. The normalized spacial score (nSPS) is 12.9. The van der Waals surface area contributed by atoms with E-state index >= 15 is 0 Å². The molecule has 0 amide bonds. The quantitative estimate of drug-likeness (QED) is 0.846. The Labute approximate surface area is 94.7 Å². The van der Waals surface area contributed by atoms with Gasteiger partial charge in [0, 0.05) is 19.6 Å². The second-order valence-electron chi connectivity index (χ2n) is 3.62. The summed E-state index contributed by atoms with van der Waals surface area (Å²) in [5.74, 6) is 0. The lowest BCUT2D eigenvalue weighted by Crippen LogP contribution is -2.21. The molecule has 2 N–H and O–H groups in total. The van der Waals surface area contributed by atoms with Gasteiger partial charge in [-0.3, -0.25) is 0 Å². The summed E-state index contributed by atoms with van der Waals surface area (Å²) in [6.45, 7) is 3.08. The number of anilines is 1. The standard InChI is InChI=1S/C10H17ClN2S/c1-8(12)4-3-7-13(2)10-6-5-9(11)14-10/h5-6,8H,3-4,7,12H2,1-2H3. The third-order valence-electron chi connectivity index (χ3n) is 2.09. The first-order valence-corrected chi connectivity index (χ1v) is 6.01. The first kappa shape index (κ1) is 11.8. The second kappa shape index (κ2) is 5.59. The van der Waals surface area contributed by atoms with Crippen LogP contribution < -0.4 is 10.6 Å². The molecule has 0 aliphatic heterocycles. The van der Waals surface area contributed by atoms with E-state index in [0.29, 0.717) is 6.04 Å². The van der Waals surface area contributed by atoms with Crippen molar-refractivity contribution in [3.63, 3.8) is 0 Å². The molecular formula is C10H17ClN2S. The highest BCUT2D eigenvalue weighted by molar-refractivity contribution is 7.19. The SMILES string of the molecule is CC(N)CCCN(C)c1ccc(Cl)s1. The van der Waals surface area contributed by atoms with Crippen LogP contribution >= 0.6 is 22.9 Å². The maximum atomic E-state index is 5.86. The highest BCUT2D eigenvalue weighted by atomic mass is 35.5.